The number of rotatable bonds is 5. The number of hydrogen-bond acceptors (Lipinski definition) is 6. The van der Waals surface area contributed by atoms with Crippen LogP contribution in [0.15, 0.2) is 47.4 Å². The fourth-order valence-corrected chi connectivity index (χ4v) is 3.19. The van der Waals surface area contributed by atoms with E-state index < -0.39 is 29.6 Å². The fraction of sp³-hybridized carbons (Fsp3) is 0.190. The molecular formula is C21H17F3N6O3. The van der Waals surface area contributed by atoms with E-state index in [4.69, 9.17) is 4.52 Å². The number of aryl methyl sites for hydroxylation is 1. The summed E-state index contributed by atoms with van der Waals surface area (Å²) >= 11 is 0. The van der Waals surface area contributed by atoms with Crippen LogP contribution in [0.4, 0.5) is 18.9 Å². The lowest BCUT2D eigenvalue weighted by atomic mass is 10.1. The van der Waals surface area contributed by atoms with E-state index >= 15 is 0 Å². The van der Waals surface area contributed by atoms with Crippen molar-refractivity contribution in [3.05, 3.63) is 71.1 Å². The average Bonchev–Trinajstić information content (AvgIpc) is 3.43. The molecule has 0 fully saturated rings. The van der Waals surface area contributed by atoms with Crippen molar-refractivity contribution < 1.29 is 27.3 Å². The lowest BCUT2D eigenvalue weighted by molar-refractivity contribution is -0.138. The van der Waals surface area contributed by atoms with Gasteiger partial charge in [0.25, 0.3) is 11.8 Å². The number of hydrogen-bond donors (Lipinski definition) is 3. The number of carbonyl (C=O) groups is 2. The second kappa shape index (κ2) is 8.37. The molecule has 4 aromatic rings. The minimum absolute atomic E-state index is 0.0348. The molecule has 2 amide bonds. The third-order valence-electron chi connectivity index (χ3n) is 4.91. The second-order valence-electron chi connectivity index (χ2n) is 7.25. The molecule has 0 unspecified atom stereocenters. The van der Waals surface area contributed by atoms with Crippen molar-refractivity contribution in [1.29, 1.82) is 0 Å². The van der Waals surface area contributed by atoms with Crippen molar-refractivity contribution in [1.82, 2.24) is 25.4 Å². The standard InChI is InChI=1S/C21H17F3N6O3/c1-10-3-4-12(7-14(10)21(22,23)24)29-19(31)16-8-15(30-33-16)11(2)28-20(32)17-13-5-6-25-18(13)27-9-26-17/h3-9,11H,1-2H3,(H,28,32)(H,29,31)(H,25,26,27)/t11-/m0/s1. The van der Waals surface area contributed by atoms with Gasteiger partial charge in [-0.3, -0.25) is 9.59 Å². The molecule has 3 aromatic heterocycles. The van der Waals surface area contributed by atoms with Crippen molar-refractivity contribution >= 4 is 28.5 Å². The van der Waals surface area contributed by atoms with E-state index in [0.717, 1.165) is 6.07 Å². The summed E-state index contributed by atoms with van der Waals surface area (Å²) in [6.45, 7) is 2.96. The molecule has 3 heterocycles. The van der Waals surface area contributed by atoms with E-state index in [2.05, 4.69) is 30.7 Å². The first-order valence-corrected chi connectivity index (χ1v) is 9.68. The van der Waals surface area contributed by atoms with Gasteiger partial charge in [0.05, 0.1) is 17.0 Å². The average molecular weight is 458 g/mol. The van der Waals surface area contributed by atoms with Crippen LogP contribution in [0.3, 0.4) is 0 Å². The van der Waals surface area contributed by atoms with E-state index in [1.165, 1.54) is 31.5 Å². The molecule has 0 bridgehead atoms. The first-order chi connectivity index (χ1) is 15.6. The topological polar surface area (TPSA) is 126 Å². The van der Waals surface area contributed by atoms with Gasteiger partial charge in [-0.1, -0.05) is 11.2 Å². The Morgan fingerprint density at radius 2 is 1.91 bits per heavy atom. The van der Waals surface area contributed by atoms with Gasteiger partial charge < -0.3 is 20.1 Å². The van der Waals surface area contributed by atoms with Gasteiger partial charge in [-0.15, -0.1) is 0 Å². The molecule has 12 heteroatoms. The number of carbonyl (C=O) groups excluding carboxylic acids is 2. The number of H-pyrrole nitrogens is 1. The monoisotopic (exact) mass is 458 g/mol. The van der Waals surface area contributed by atoms with E-state index in [1.807, 2.05) is 0 Å². The van der Waals surface area contributed by atoms with Crippen molar-refractivity contribution in [3.63, 3.8) is 0 Å². The largest absolute Gasteiger partial charge is 0.416 e. The fourth-order valence-electron chi connectivity index (χ4n) is 3.19. The third-order valence-corrected chi connectivity index (χ3v) is 4.91. The van der Waals surface area contributed by atoms with Crippen LogP contribution in [0.25, 0.3) is 11.0 Å². The van der Waals surface area contributed by atoms with Crippen LogP contribution >= 0.6 is 0 Å². The third kappa shape index (κ3) is 4.54. The molecule has 3 N–H and O–H groups in total. The number of halogens is 3. The molecule has 9 nitrogen and oxygen atoms in total. The van der Waals surface area contributed by atoms with Crippen molar-refractivity contribution in [2.24, 2.45) is 0 Å². The Kier molecular flexibility index (Phi) is 5.58. The van der Waals surface area contributed by atoms with Gasteiger partial charge in [-0.05, 0) is 37.6 Å². The highest BCUT2D eigenvalue weighted by Gasteiger charge is 2.32. The summed E-state index contributed by atoms with van der Waals surface area (Å²) in [5, 5.41) is 9.38. The first kappa shape index (κ1) is 22.0. The molecule has 0 radical (unpaired) electrons. The number of nitrogens with one attached hydrogen (secondary N) is 3. The predicted octanol–water partition coefficient (Wildman–Crippen LogP) is 4.02. The molecule has 0 saturated carbocycles. The molecule has 0 spiro atoms. The minimum Gasteiger partial charge on any atom is -0.351 e. The van der Waals surface area contributed by atoms with Crippen LogP contribution in [0.2, 0.25) is 0 Å². The van der Waals surface area contributed by atoms with Gasteiger partial charge in [0.1, 0.15) is 23.4 Å². The number of anilines is 1. The Hall–Kier alpha value is -4.22. The van der Waals surface area contributed by atoms with Crippen LogP contribution in [-0.4, -0.2) is 31.9 Å². The van der Waals surface area contributed by atoms with Crippen molar-refractivity contribution in [2.75, 3.05) is 5.32 Å². The predicted molar refractivity (Wildman–Crippen MR) is 110 cm³/mol. The molecule has 170 valence electrons. The molecule has 1 aromatic carbocycles. The summed E-state index contributed by atoms with van der Waals surface area (Å²) in [7, 11) is 0. The maximum absolute atomic E-state index is 13.1. The highest BCUT2D eigenvalue weighted by Crippen LogP contribution is 2.33. The van der Waals surface area contributed by atoms with Gasteiger partial charge in [0.2, 0.25) is 5.76 Å². The number of fused-ring (bicyclic) bond motifs is 1. The van der Waals surface area contributed by atoms with Gasteiger partial charge in [0, 0.05) is 18.0 Å². The second-order valence-corrected chi connectivity index (χ2v) is 7.25. The zero-order valence-electron chi connectivity index (χ0n) is 17.3. The number of alkyl halides is 3. The van der Waals surface area contributed by atoms with Gasteiger partial charge >= 0.3 is 6.18 Å². The van der Waals surface area contributed by atoms with E-state index in [-0.39, 0.29) is 28.4 Å². The number of aromatic nitrogens is 4. The van der Waals surface area contributed by atoms with Crippen LogP contribution in [0.5, 0.6) is 0 Å². The Morgan fingerprint density at radius 1 is 1.12 bits per heavy atom. The van der Waals surface area contributed by atoms with Crippen LogP contribution in [0, 0.1) is 6.92 Å². The molecule has 0 aliphatic carbocycles. The quantitative estimate of drug-likeness (QED) is 0.415. The summed E-state index contributed by atoms with van der Waals surface area (Å²) in [6, 6.07) is 5.77. The van der Waals surface area contributed by atoms with Gasteiger partial charge in [-0.25, -0.2) is 9.97 Å². The van der Waals surface area contributed by atoms with Crippen LogP contribution in [-0.2, 0) is 6.18 Å². The molecular weight excluding hydrogens is 441 g/mol. The lowest BCUT2D eigenvalue weighted by Gasteiger charge is -2.12. The Bertz CT molecular complexity index is 1340. The number of nitrogens with zero attached hydrogens (tertiary/aromatic N) is 3. The molecule has 0 saturated heterocycles. The summed E-state index contributed by atoms with van der Waals surface area (Å²) in [5.74, 6) is -1.49. The maximum atomic E-state index is 13.1. The Balaban J connectivity index is 1.46. The first-order valence-electron chi connectivity index (χ1n) is 9.68. The molecule has 0 aliphatic rings. The normalized spacial score (nSPS) is 12.5. The zero-order chi connectivity index (χ0) is 23.8. The highest BCUT2D eigenvalue weighted by atomic mass is 19.4. The smallest absolute Gasteiger partial charge is 0.351 e. The van der Waals surface area contributed by atoms with Crippen molar-refractivity contribution in [2.45, 2.75) is 26.1 Å². The molecule has 0 aliphatic heterocycles. The number of amides is 2. The number of aromatic amines is 1. The minimum atomic E-state index is -4.55. The van der Waals surface area contributed by atoms with Crippen LogP contribution < -0.4 is 10.6 Å². The SMILES string of the molecule is Cc1ccc(NC(=O)c2cc([C@H](C)NC(=O)c3ncnc4[nH]ccc34)no2)cc1C(F)(F)F. The van der Waals surface area contributed by atoms with E-state index in [0.29, 0.717) is 11.0 Å². The Morgan fingerprint density at radius 3 is 2.67 bits per heavy atom. The van der Waals surface area contributed by atoms with Crippen LogP contribution in [0.1, 0.15) is 50.8 Å². The van der Waals surface area contributed by atoms with E-state index in [1.54, 1.807) is 19.2 Å². The lowest BCUT2D eigenvalue weighted by Crippen LogP contribution is -2.27. The number of benzene rings is 1. The summed E-state index contributed by atoms with van der Waals surface area (Å²) in [4.78, 5) is 36.0. The maximum Gasteiger partial charge on any atom is 0.416 e. The summed E-state index contributed by atoms with van der Waals surface area (Å²) in [6.07, 6.45) is -1.66. The van der Waals surface area contributed by atoms with E-state index in [9.17, 15) is 22.8 Å². The molecule has 1 atom stereocenters. The Labute approximate surface area is 184 Å². The zero-order valence-corrected chi connectivity index (χ0v) is 17.3. The summed E-state index contributed by atoms with van der Waals surface area (Å²) < 4.78 is 44.3. The summed E-state index contributed by atoms with van der Waals surface area (Å²) in [5.41, 5.74) is 0.0513. The highest BCUT2D eigenvalue weighted by molar-refractivity contribution is 6.04. The molecule has 4 rings (SSSR count). The van der Waals surface area contributed by atoms with Gasteiger partial charge in [-0.2, -0.15) is 13.2 Å². The molecule has 33 heavy (non-hydrogen) atoms. The van der Waals surface area contributed by atoms with Crippen molar-refractivity contribution in [3.8, 4) is 0 Å². The van der Waals surface area contributed by atoms with Gasteiger partial charge in [0.15, 0.2) is 0 Å².